The molecule has 0 saturated carbocycles. The fourth-order valence-electron chi connectivity index (χ4n) is 2.80. The predicted molar refractivity (Wildman–Crippen MR) is 84.2 cm³/mol. The van der Waals surface area contributed by atoms with Gasteiger partial charge in [-0.15, -0.1) is 0 Å². The Labute approximate surface area is 131 Å². The third-order valence-electron chi connectivity index (χ3n) is 4.10. The number of hydrogen-bond acceptors (Lipinski definition) is 3. The van der Waals surface area contributed by atoms with Crippen LogP contribution in [0.1, 0.15) is 30.9 Å². The van der Waals surface area contributed by atoms with Crippen LogP contribution in [0.5, 0.6) is 0 Å². The van der Waals surface area contributed by atoms with Crippen LogP contribution in [0.3, 0.4) is 0 Å². The molecule has 0 aliphatic carbocycles. The maximum atomic E-state index is 12.4. The molecule has 1 fully saturated rings. The molecule has 0 spiro atoms. The maximum absolute atomic E-state index is 12.4. The van der Waals surface area contributed by atoms with E-state index in [9.17, 15) is 9.59 Å². The summed E-state index contributed by atoms with van der Waals surface area (Å²) in [5, 5.41) is 2.97. The molecule has 1 heterocycles. The zero-order chi connectivity index (χ0) is 15.9. The van der Waals surface area contributed by atoms with Gasteiger partial charge in [0, 0.05) is 27.3 Å². The van der Waals surface area contributed by atoms with Gasteiger partial charge in [-0.25, -0.2) is 0 Å². The van der Waals surface area contributed by atoms with E-state index < -0.39 is 5.92 Å². The minimum absolute atomic E-state index is 0.0107. The van der Waals surface area contributed by atoms with Crippen LogP contribution < -0.4 is 5.32 Å². The first-order chi connectivity index (χ1) is 10.6. The lowest BCUT2D eigenvalue weighted by atomic mass is 9.89. The van der Waals surface area contributed by atoms with Crippen molar-refractivity contribution in [1.82, 2.24) is 10.2 Å². The van der Waals surface area contributed by atoms with Crippen LogP contribution in [0.25, 0.3) is 0 Å². The molecule has 1 aromatic carbocycles. The third kappa shape index (κ3) is 4.07. The Bertz CT molecular complexity index is 504. The number of nitrogens with zero attached hydrogens (tertiary/aromatic N) is 1. The Kier molecular flexibility index (Phi) is 5.95. The lowest BCUT2D eigenvalue weighted by Crippen LogP contribution is -2.47. The van der Waals surface area contributed by atoms with Gasteiger partial charge in [-0.1, -0.05) is 30.3 Å². The van der Waals surface area contributed by atoms with Crippen molar-refractivity contribution in [3.8, 4) is 0 Å². The first-order valence-electron chi connectivity index (χ1n) is 7.72. The van der Waals surface area contributed by atoms with E-state index in [2.05, 4.69) is 5.32 Å². The second-order valence-corrected chi connectivity index (χ2v) is 5.71. The second-order valence-electron chi connectivity index (χ2n) is 5.71. The van der Waals surface area contributed by atoms with E-state index in [0.717, 1.165) is 18.4 Å². The number of amides is 2. The largest absolute Gasteiger partial charge is 0.385 e. The summed E-state index contributed by atoms with van der Waals surface area (Å²) in [4.78, 5) is 26.3. The molecule has 1 aromatic rings. The van der Waals surface area contributed by atoms with Gasteiger partial charge in [0.1, 0.15) is 5.92 Å². The van der Waals surface area contributed by atoms with E-state index in [1.165, 1.54) is 0 Å². The van der Waals surface area contributed by atoms with Crippen LogP contribution in [0, 0.1) is 5.92 Å². The van der Waals surface area contributed by atoms with Crippen molar-refractivity contribution in [2.75, 3.05) is 27.3 Å². The fraction of sp³-hybridized carbons (Fsp3) is 0.529. The van der Waals surface area contributed by atoms with Gasteiger partial charge in [0.05, 0.1) is 6.04 Å². The second kappa shape index (κ2) is 7.94. The minimum atomic E-state index is -0.562. The van der Waals surface area contributed by atoms with Crippen molar-refractivity contribution in [2.24, 2.45) is 5.92 Å². The molecule has 5 nitrogen and oxygen atoms in total. The van der Waals surface area contributed by atoms with Crippen molar-refractivity contribution >= 4 is 11.8 Å². The highest BCUT2D eigenvalue weighted by molar-refractivity contribution is 6.00. The topological polar surface area (TPSA) is 58.6 Å². The Hall–Kier alpha value is -1.88. The first-order valence-corrected chi connectivity index (χ1v) is 7.72. The van der Waals surface area contributed by atoms with Crippen molar-refractivity contribution in [3.05, 3.63) is 35.9 Å². The highest BCUT2D eigenvalue weighted by Gasteiger charge is 2.35. The average molecular weight is 304 g/mol. The van der Waals surface area contributed by atoms with E-state index in [1.54, 1.807) is 19.1 Å². The van der Waals surface area contributed by atoms with Crippen LogP contribution in [0.4, 0.5) is 0 Å². The number of carbonyl (C=O) groups excluding carboxylic acids is 2. The molecule has 2 rings (SSSR count). The number of nitrogens with one attached hydrogen (secondary N) is 1. The van der Waals surface area contributed by atoms with Crippen LogP contribution in [-0.2, 0) is 14.3 Å². The summed E-state index contributed by atoms with van der Waals surface area (Å²) in [6.45, 7) is 1.23. The third-order valence-corrected chi connectivity index (χ3v) is 4.10. The Morgan fingerprint density at radius 3 is 2.68 bits per heavy atom. The van der Waals surface area contributed by atoms with E-state index in [4.69, 9.17) is 4.74 Å². The molecule has 2 amide bonds. The van der Waals surface area contributed by atoms with Gasteiger partial charge < -0.3 is 15.0 Å². The predicted octanol–water partition coefficient (Wildman–Crippen LogP) is 1.75. The SMILES string of the molecule is COCCCN(C)C(=O)C1CCC(c2ccccc2)NC1=O. The highest BCUT2D eigenvalue weighted by Crippen LogP contribution is 2.27. The standard InChI is InChI=1S/C17H24N2O3/c1-19(11-6-12-22-2)17(21)14-9-10-15(18-16(14)20)13-7-4-3-5-8-13/h3-5,7-8,14-15H,6,9-12H2,1-2H3,(H,18,20). The molecule has 1 N–H and O–H groups in total. The number of carbonyl (C=O) groups is 2. The summed E-state index contributed by atoms with van der Waals surface area (Å²) in [5.74, 6) is -0.823. The van der Waals surface area contributed by atoms with Crippen LogP contribution in [-0.4, -0.2) is 44.0 Å². The molecule has 0 radical (unpaired) electrons. The van der Waals surface area contributed by atoms with Crippen molar-refractivity contribution in [3.63, 3.8) is 0 Å². The highest BCUT2D eigenvalue weighted by atomic mass is 16.5. The Morgan fingerprint density at radius 1 is 1.32 bits per heavy atom. The summed E-state index contributed by atoms with van der Waals surface area (Å²) in [6, 6.07) is 9.89. The Balaban J connectivity index is 1.90. The van der Waals surface area contributed by atoms with Gasteiger partial charge in [0.2, 0.25) is 11.8 Å². The van der Waals surface area contributed by atoms with E-state index in [0.29, 0.717) is 19.6 Å². The molecule has 2 atom stereocenters. The lowest BCUT2D eigenvalue weighted by Gasteiger charge is -2.31. The number of rotatable bonds is 6. The van der Waals surface area contributed by atoms with Gasteiger partial charge in [0.25, 0.3) is 0 Å². The molecule has 0 bridgehead atoms. The first kappa shape index (κ1) is 16.5. The zero-order valence-corrected chi connectivity index (χ0v) is 13.2. The molecule has 1 aliphatic heterocycles. The van der Waals surface area contributed by atoms with Crippen LogP contribution in [0.2, 0.25) is 0 Å². The quantitative estimate of drug-likeness (QED) is 0.643. The van der Waals surface area contributed by atoms with Gasteiger partial charge >= 0.3 is 0 Å². The molecule has 1 aliphatic rings. The monoisotopic (exact) mass is 304 g/mol. The summed E-state index contributed by atoms with van der Waals surface area (Å²) in [7, 11) is 3.38. The molecule has 5 heteroatoms. The fourth-order valence-corrected chi connectivity index (χ4v) is 2.80. The minimum Gasteiger partial charge on any atom is -0.385 e. The lowest BCUT2D eigenvalue weighted by molar-refractivity contribution is -0.143. The van der Waals surface area contributed by atoms with Crippen LogP contribution in [0.15, 0.2) is 30.3 Å². The summed E-state index contributed by atoms with van der Waals surface area (Å²) in [6.07, 6.45) is 2.16. The van der Waals surface area contributed by atoms with E-state index in [-0.39, 0.29) is 17.9 Å². The summed E-state index contributed by atoms with van der Waals surface area (Å²) in [5.41, 5.74) is 1.09. The van der Waals surface area contributed by atoms with Gasteiger partial charge in [-0.2, -0.15) is 0 Å². The number of ether oxygens (including phenoxy) is 1. The number of benzene rings is 1. The summed E-state index contributed by atoms with van der Waals surface area (Å²) < 4.78 is 4.98. The van der Waals surface area contributed by atoms with Crippen LogP contribution >= 0.6 is 0 Å². The molecule has 22 heavy (non-hydrogen) atoms. The molecule has 0 aromatic heterocycles. The van der Waals surface area contributed by atoms with Gasteiger partial charge in [-0.3, -0.25) is 9.59 Å². The summed E-state index contributed by atoms with van der Waals surface area (Å²) >= 11 is 0. The van der Waals surface area contributed by atoms with Crippen molar-refractivity contribution < 1.29 is 14.3 Å². The smallest absolute Gasteiger partial charge is 0.234 e. The zero-order valence-electron chi connectivity index (χ0n) is 13.2. The number of methoxy groups -OCH3 is 1. The number of hydrogen-bond donors (Lipinski definition) is 1. The maximum Gasteiger partial charge on any atom is 0.234 e. The Morgan fingerprint density at radius 2 is 2.05 bits per heavy atom. The molecule has 1 saturated heterocycles. The average Bonchev–Trinajstić information content (AvgIpc) is 2.55. The van der Waals surface area contributed by atoms with Crippen molar-refractivity contribution in [2.45, 2.75) is 25.3 Å². The van der Waals surface area contributed by atoms with E-state index >= 15 is 0 Å². The molecular weight excluding hydrogens is 280 g/mol. The van der Waals surface area contributed by atoms with Gasteiger partial charge in [-0.05, 0) is 24.8 Å². The number of piperidine rings is 1. The normalized spacial score (nSPS) is 21.3. The van der Waals surface area contributed by atoms with Crippen molar-refractivity contribution in [1.29, 1.82) is 0 Å². The molecule has 2 unspecified atom stereocenters. The molecule has 120 valence electrons. The molecular formula is C17H24N2O3. The van der Waals surface area contributed by atoms with Gasteiger partial charge in [0.15, 0.2) is 0 Å². The van der Waals surface area contributed by atoms with E-state index in [1.807, 2.05) is 30.3 Å².